The number of rotatable bonds is 0. The standard InChI is InChI=1S/C19H20O.C5H6O/c1-19(20)12-4-6-14-9-10-16-15-7-3-2-5-13(15)8-11-17(16)18(14)19;1-2-4-6-5-3-1/h2-3,5,7-11,14,18,20H,4,6,12H2,1H3;1-4H,5H2. The van der Waals surface area contributed by atoms with E-state index in [0.29, 0.717) is 5.92 Å². The molecule has 2 nitrogen and oxygen atoms in total. The van der Waals surface area contributed by atoms with Crippen molar-refractivity contribution in [3.63, 3.8) is 0 Å². The zero-order valence-electron chi connectivity index (χ0n) is 15.3. The Kier molecular flexibility index (Phi) is 4.69. The molecule has 1 fully saturated rings. The normalized spacial score (nSPS) is 28.5. The number of hydrogen-bond acceptors (Lipinski definition) is 2. The van der Waals surface area contributed by atoms with E-state index in [1.165, 1.54) is 28.3 Å². The molecular weight excluding hydrogens is 320 g/mol. The van der Waals surface area contributed by atoms with Crippen LogP contribution in [0.3, 0.4) is 0 Å². The Balaban J connectivity index is 0.000000240. The van der Waals surface area contributed by atoms with Crippen molar-refractivity contribution >= 4 is 16.8 Å². The Bertz CT molecular complexity index is 861. The second-order valence-corrected chi connectivity index (χ2v) is 7.63. The molecule has 0 spiro atoms. The van der Waals surface area contributed by atoms with Crippen LogP contribution in [0.25, 0.3) is 16.8 Å². The predicted molar refractivity (Wildman–Crippen MR) is 108 cm³/mol. The fraction of sp³-hybridized carbons (Fsp3) is 0.333. The van der Waals surface area contributed by atoms with Gasteiger partial charge < -0.3 is 9.84 Å². The van der Waals surface area contributed by atoms with Gasteiger partial charge in [0.2, 0.25) is 0 Å². The first-order valence-corrected chi connectivity index (χ1v) is 9.52. The topological polar surface area (TPSA) is 29.5 Å². The highest BCUT2D eigenvalue weighted by Gasteiger charge is 2.43. The molecule has 3 unspecified atom stereocenters. The van der Waals surface area contributed by atoms with Crippen LogP contribution in [-0.4, -0.2) is 17.3 Å². The Morgan fingerprint density at radius 3 is 2.73 bits per heavy atom. The van der Waals surface area contributed by atoms with Gasteiger partial charge in [-0.15, -0.1) is 0 Å². The third kappa shape index (κ3) is 3.22. The van der Waals surface area contributed by atoms with Gasteiger partial charge in [-0.3, -0.25) is 0 Å². The van der Waals surface area contributed by atoms with Crippen LogP contribution in [0.4, 0.5) is 0 Å². The highest BCUT2D eigenvalue weighted by Crippen LogP contribution is 2.49. The maximum atomic E-state index is 10.9. The molecule has 2 aliphatic carbocycles. The van der Waals surface area contributed by atoms with Crippen LogP contribution in [-0.2, 0) is 4.74 Å². The maximum Gasteiger partial charge on any atom is 0.106 e. The van der Waals surface area contributed by atoms with E-state index in [-0.39, 0.29) is 5.92 Å². The third-order valence-electron chi connectivity index (χ3n) is 5.78. The van der Waals surface area contributed by atoms with Crippen molar-refractivity contribution in [3.05, 3.63) is 78.1 Å². The number of fused-ring (bicyclic) bond motifs is 5. The Hall–Kier alpha value is -2.32. The quantitative estimate of drug-likeness (QED) is 0.674. The van der Waals surface area contributed by atoms with Gasteiger partial charge in [0, 0.05) is 5.92 Å². The van der Waals surface area contributed by atoms with E-state index >= 15 is 0 Å². The van der Waals surface area contributed by atoms with E-state index in [1.54, 1.807) is 6.26 Å². The third-order valence-corrected chi connectivity index (χ3v) is 5.78. The lowest BCUT2D eigenvalue weighted by atomic mass is 9.63. The minimum Gasteiger partial charge on any atom is -0.497 e. The molecule has 2 aromatic carbocycles. The zero-order chi connectivity index (χ0) is 18.0. The molecule has 3 atom stereocenters. The van der Waals surface area contributed by atoms with E-state index in [4.69, 9.17) is 4.74 Å². The summed E-state index contributed by atoms with van der Waals surface area (Å²) in [6, 6.07) is 13.0. The second kappa shape index (κ2) is 7.13. The van der Waals surface area contributed by atoms with Crippen LogP contribution >= 0.6 is 0 Å². The van der Waals surface area contributed by atoms with Crippen molar-refractivity contribution < 1.29 is 9.84 Å². The molecule has 0 bridgehead atoms. The van der Waals surface area contributed by atoms with Gasteiger partial charge in [-0.1, -0.05) is 54.6 Å². The first kappa shape index (κ1) is 17.1. The van der Waals surface area contributed by atoms with E-state index in [9.17, 15) is 5.11 Å². The predicted octanol–water partition coefficient (Wildman–Crippen LogP) is 5.59. The Morgan fingerprint density at radius 1 is 1.12 bits per heavy atom. The molecule has 2 aromatic rings. The van der Waals surface area contributed by atoms with E-state index in [2.05, 4.69) is 48.6 Å². The summed E-state index contributed by atoms with van der Waals surface area (Å²) in [7, 11) is 0. The zero-order valence-corrected chi connectivity index (χ0v) is 15.3. The fourth-order valence-corrected chi connectivity index (χ4v) is 4.59. The summed E-state index contributed by atoms with van der Waals surface area (Å²) in [5, 5.41) is 13.4. The van der Waals surface area contributed by atoms with E-state index < -0.39 is 5.60 Å². The van der Waals surface area contributed by atoms with Gasteiger partial charge in [0.1, 0.15) is 6.61 Å². The molecule has 5 rings (SSSR count). The molecule has 1 heterocycles. The lowest BCUT2D eigenvalue weighted by Gasteiger charge is -2.44. The molecule has 26 heavy (non-hydrogen) atoms. The lowest BCUT2D eigenvalue weighted by Crippen LogP contribution is -2.41. The van der Waals surface area contributed by atoms with Gasteiger partial charge in [-0.25, -0.2) is 0 Å². The number of ether oxygens (including phenoxy) is 1. The first-order chi connectivity index (χ1) is 12.7. The molecule has 1 N–H and O–H groups in total. The molecular formula is C24H26O2. The molecule has 2 heteroatoms. The van der Waals surface area contributed by atoms with Crippen molar-refractivity contribution in [2.45, 2.75) is 37.7 Å². The van der Waals surface area contributed by atoms with Crippen molar-refractivity contribution in [1.82, 2.24) is 0 Å². The van der Waals surface area contributed by atoms with Gasteiger partial charge >= 0.3 is 0 Å². The molecule has 0 saturated heterocycles. The van der Waals surface area contributed by atoms with Crippen LogP contribution in [0, 0.1) is 5.92 Å². The summed E-state index contributed by atoms with van der Waals surface area (Å²) < 4.78 is 4.80. The van der Waals surface area contributed by atoms with Crippen LogP contribution in [0.15, 0.2) is 67.0 Å². The van der Waals surface area contributed by atoms with Crippen molar-refractivity contribution in [2.75, 3.05) is 6.61 Å². The minimum atomic E-state index is -0.578. The number of allylic oxidation sites excluding steroid dienone is 3. The lowest BCUT2D eigenvalue weighted by molar-refractivity contribution is -0.0147. The Morgan fingerprint density at radius 2 is 2.00 bits per heavy atom. The average molecular weight is 346 g/mol. The van der Waals surface area contributed by atoms with Crippen molar-refractivity contribution in [1.29, 1.82) is 0 Å². The van der Waals surface area contributed by atoms with Gasteiger partial charge in [0.25, 0.3) is 0 Å². The van der Waals surface area contributed by atoms with Crippen LogP contribution in [0.1, 0.15) is 43.2 Å². The van der Waals surface area contributed by atoms with Crippen LogP contribution in [0.2, 0.25) is 0 Å². The number of aliphatic hydroxyl groups is 1. The molecule has 0 amide bonds. The summed E-state index contributed by atoms with van der Waals surface area (Å²) in [5.41, 5.74) is 2.07. The van der Waals surface area contributed by atoms with E-state index in [1.807, 2.05) is 25.2 Å². The van der Waals surface area contributed by atoms with Gasteiger partial charge in [-0.2, -0.15) is 0 Å². The largest absolute Gasteiger partial charge is 0.497 e. The summed E-state index contributed by atoms with van der Waals surface area (Å²) in [5.74, 6) is 0.744. The monoisotopic (exact) mass is 346 g/mol. The van der Waals surface area contributed by atoms with Gasteiger partial charge in [0.05, 0.1) is 11.9 Å². The van der Waals surface area contributed by atoms with Gasteiger partial charge in [0.15, 0.2) is 0 Å². The average Bonchev–Trinajstić information content (AvgIpc) is 2.69. The maximum absolute atomic E-state index is 10.9. The van der Waals surface area contributed by atoms with Crippen LogP contribution < -0.4 is 0 Å². The minimum absolute atomic E-state index is 0.251. The molecule has 1 saturated carbocycles. The van der Waals surface area contributed by atoms with Crippen molar-refractivity contribution in [3.8, 4) is 0 Å². The Labute approximate surface area is 155 Å². The molecule has 0 radical (unpaired) electrons. The second-order valence-electron chi connectivity index (χ2n) is 7.63. The van der Waals surface area contributed by atoms with Crippen LogP contribution in [0.5, 0.6) is 0 Å². The molecule has 1 aliphatic heterocycles. The summed E-state index contributed by atoms with van der Waals surface area (Å²) >= 11 is 0. The molecule has 134 valence electrons. The van der Waals surface area contributed by atoms with Gasteiger partial charge in [-0.05, 0) is 66.2 Å². The van der Waals surface area contributed by atoms with Crippen molar-refractivity contribution in [2.24, 2.45) is 5.92 Å². The highest BCUT2D eigenvalue weighted by molar-refractivity contribution is 5.92. The summed E-state index contributed by atoms with van der Waals surface area (Å²) in [6.45, 7) is 2.75. The number of benzene rings is 2. The summed E-state index contributed by atoms with van der Waals surface area (Å²) in [6.07, 6.45) is 15.3. The smallest absolute Gasteiger partial charge is 0.106 e. The first-order valence-electron chi connectivity index (χ1n) is 9.52. The SMILES string of the molecule is C1=CCOC=C1.CC1(O)CCCC2C=Cc3c(ccc4ccccc34)C21. The molecule has 0 aromatic heterocycles. The fourth-order valence-electron chi connectivity index (χ4n) is 4.59. The summed E-state index contributed by atoms with van der Waals surface area (Å²) in [4.78, 5) is 0. The number of hydrogen-bond donors (Lipinski definition) is 1. The molecule has 3 aliphatic rings. The highest BCUT2D eigenvalue weighted by atomic mass is 16.5. The van der Waals surface area contributed by atoms with E-state index in [0.717, 1.165) is 19.4 Å².